The molecule has 3 rings (SSSR count). The van der Waals surface area contributed by atoms with E-state index in [0.29, 0.717) is 25.6 Å². The molecule has 1 saturated heterocycles. The molecule has 1 aromatic heterocycles. The van der Waals surface area contributed by atoms with E-state index in [1.165, 1.54) is 0 Å². The van der Waals surface area contributed by atoms with Crippen LogP contribution >= 0.6 is 0 Å². The van der Waals surface area contributed by atoms with Gasteiger partial charge < -0.3 is 10.0 Å². The number of nitrogens with zero attached hydrogens (tertiary/aromatic N) is 2. The van der Waals surface area contributed by atoms with Crippen molar-refractivity contribution in [1.29, 1.82) is 0 Å². The molecule has 2 heterocycles. The number of aliphatic hydroxyl groups is 1. The van der Waals surface area contributed by atoms with Gasteiger partial charge in [0, 0.05) is 25.1 Å². The summed E-state index contributed by atoms with van der Waals surface area (Å²) >= 11 is 0. The van der Waals surface area contributed by atoms with Gasteiger partial charge in [-0.05, 0) is 19.3 Å². The highest BCUT2D eigenvalue weighted by Crippen LogP contribution is 2.40. The zero-order valence-corrected chi connectivity index (χ0v) is 11.1. The minimum Gasteiger partial charge on any atom is -0.389 e. The van der Waals surface area contributed by atoms with Gasteiger partial charge in [0.05, 0.1) is 5.60 Å². The SMILES string of the molecule is OC12CCCCC1CN(c1nc(F)c(F)cc1F)CC2. The molecule has 2 fully saturated rings. The third kappa shape index (κ3) is 2.26. The van der Waals surface area contributed by atoms with Gasteiger partial charge in [-0.2, -0.15) is 9.37 Å². The smallest absolute Gasteiger partial charge is 0.251 e. The number of hydrogen-bond donors (Lipinski definition) is 1. The summed E-state index contributed by atoms with van der Waals surface area (Å²) in [6, 6.07) is 0.527. The molecule has 0 aromatic carbocycles. The van der Waals surface area contributed by atoms with E-state index in [1.54, 1.807) is 4.90 Å². The third-order valence-electron chi connectivity index (χ3n) is 4.60. The Kier molecular flexibility index (Phi) is 3.36. The number of aromatic nitrogens is 1. The lowest BCUT2D eigenvalue weighted by atomic mass is 9.71. The van der Waals surface area contributed by atoms with Crippen LogP contribution in [0.1, 0.15) is 32.1 Å². The average Bonchev–Trinajstić information content (AvgIpc) is 2.42. The fourth-order valence-electron chi connectivity index (χ4n) is 3.42. The first kappa shape index (κ1) is 13.7. The first-order valence-electron chi connectivity index (χ1n) is 6.98. The summed E-state index contributed by atoms with van der Waals surface area (Å²) in [6.07, 6.45) is 4.19. The molecule has 0 radical (unpaired) electrons. The molecule has 1 aliphatic carbocycles. The van der Waals surface area contributed by atoms with Crippen LogP contribution in [0.25, 0.3) is 0 Å². The first-order valence-corrected chi connectivity index (χ1v) is 6.98. The zero-order chi connectivity index (χ0) is 14.3. The summed E-state index contributed by atoms with van der Waals surface area (Å²) in [5.74, 6) is -3.54. The van der Waals surface area contributed by atoms with Crippen molar-refractivity contribution in [1.82, 2.24) is 4.98 Å². The maximum Gasteiger partial charge on any atom is 0.251 e. The van der Waals surface area contributed by atoms with Crippen LogP contribution < -0.4 is 4.90 Å². The van der Waals surface area contributed by atoms with Crippen molar-refractivity contribution in [3.05, 3.63) is 23.6 Å². The van der Waals surface area contributed by atoms with Crippen molar-refractivity contribution < 1.29 is 18.3 Å². The van der Waals surface area contributed by atoms with Gasteiger partial charge in [-0.15, -0.1) is 0 Å². The average molecular weight is 286 g/mol. The number of hydrogen-bond acceptors (Lipinski definition) is 3. The van der Waals surface area contributed by atoms with Crippen molar-refractivity contribution >= 4 is 5.82 Å². The maximum atomic E-state index is 13.8. The number of piperidine rings is 1. The standard InChI is InChI=1S/C14H17F3N2O/c15-10-7-11(16)13(18-12(10)17)19-6-5-14(20)4-2-1-3-9(14)8-19/h7,9,20H,1-6,8H2. The first-order chi connectivity index (χ1) is 9.49. The zero-order valence-electron chi connectivity index (χ0n) is 11.1. The van der Waals surface area contributed by atoms with E-state index in [4.69, 9.17) is 0 Å². The minimum absolute atomic E-state index is 0.0410. The maximum absolute atomic E-state index is 13.8. The molecule has 0 spiro atoms. The molecule has 6 heteroatoms. The van der Waals surface area contributed by atoms with E-state index in [2.05, 4.69) is 4.98 Å². The van der Waals surface area contributed by atoms with Gasteiger partial charge in [0.25, 0.3) is 5.95 Å². The molecule has 1 aromatic rings. The predicted octanol–water partition coefficient (Wildman–Crippen LogP) is 2.63. The van der Waals surface area contributed by atoms with Crippen molar-refractivity contribution in [3.63, 3.8) is 0 Å². The Balaban J connectivity index is 1.84. The van der Waals surface area contributed by atoms with Crippen LogP contribution in [0.2, 0.25) is 0 Å². The van der Waals surface area contributed by atoms with Crippen LogP contribution in [-0.2, 0) is 0 Å². The summed E-state index contributed by atoms with van der Waals surface area (Å²) in [5, 5.41) is 10.5. The summed E-state index contributed by atoms with van der Waals surface area (Å²) in [7, 11) is 0. The van der Waals surface area contributed by atoms with Crippen molar-refractivity contribution in [3.8, 4) is 0 Å². The Hall–Kier alpha value is -1.30. The fourth-order valence-corrected chi connectivity index (χ4v) is 3.42. The lowest BCUT2D eigenvalue weighted by Gasteiger charge is -2.47. The minimum atomic E-state index is -1.29. The molecule has 2 atom stereocenters. The Morgan fingerprint density at radius 3 is 2.80 bits per heavy atom. The van der Waals surface area contributed by atoms with Crippen LogP contribution in [0, 0.1) is 23.5 Å². The molecule has 110 valence electrons. The van der Waals surface area contributed by atoms with E-state index in [1.807, 2.05) is 0 Å². The second-order valence-electron chi connectivity index (χ2n) is 5.81. The second-order valence-corrected chi connectivity index (χ2v) is 5.81. The highest BCUT2D eigenvalue weighted by molar-refractivity contribution is 5.41. The van der Waals surface area contributed by atoms with Gasteiger partial charge in [-0.25, -0.2) is 8.78 Å². The monoisotopic (exact) mass is 286 g/mol. The van der Waals surface area contributed by atoms with Gasteiger partial charge in [0.2, 0.25) is 0 Å². The van der Waals surface area contributed by atoms with E-state index in [-0.39, 0.29) is 11.7 Å². The van der Waals surface area contributed by atoms with Crippen LogP contribution in [-0.4, -0.2) is 28.8 Å². The molecule has 3 nitrogen and oxygen atoms in total. The molecular formula is C14H17F3N2O. The Bertz CT molecular complexity index is 525. The molecule has 2 unspecified atom stereocenters. The van der Waals surface area contributed by atoms with Crippen LogP contribution in [0.3, 0.4) is 0 Å². The van der Waals surface area contributed by atoms with Gasteiger partial charge in [-0.3, -0.25) is 0 Å². The number of rotatable bonds is 1. The summed E-state index contributed by atoms with van der Waals surface area (Å²) in [4.78, 5) is 5.00. The van der Waals surface area contributed by atoms with Crippen molar-refractivity contribution in [2.45, 2.75) is 37.7 Å². The summed E-state index contributed by atoms with van der Waals surface area (Å²) < 4.78 is 39.9. The molecule has 0 bridgehead atoms. The van der Waals surface area contributed by atoms with Gasteiger partial charge in [0.1, 0.15) is 0 Å². The molecule has 1 N–H and O–H groups in total. The quantitative estimate of drug-likeness (QED) is 0.806. The van der Waals surface area contributed by atoms with Crippen LogP contribution in [0.15, 0.2) is 6.07 Å². The van der Waals surface area contributed by atoms with Crippen LogP contribution in [0.5, 0.6) is 0 Å². The van der Waals surface area contributed by atoms with Gasteiger partial charge >= 0.3 is 0 Å². The number of pyridine rings is 1. The van der Waals surface area contributed by atoms with Gasteiger partial charge in [0.15, 0.2) is 17.5 Å². The lowest BCUT2D eigenvalue weighted by molar-refractivity contribution is -0.0614. The fraction of sp³-hybridized carbons (Fsp3) is 0.643. The molecular weight excluding hydrogens is 269 g/mol. The van der Waals surface area contributed by atoms with E-state index in [9.17, 15) is 18.3 Å². The molecule has 1 aliphatic heterocycles. The van der Waals surface area contributed by atoms with Crippen molar-refractivity contribution in [2.24, 2.45) is 5.92 Å². The normalized spacial score (nSPS) is 30.2. The Labute approximate surface area is 115 Å². The predicted molar refractivity (Wildman–Crippen MR) is 67.8 cm³/mol. The van der Waals surface area contributed by atoms with E-state index >= 15 is 0 Å². The van der Waals surface area contributed by atoms with E-state index in [0.717, 1.165) is 25.7 Å². The topological polar surface area (TPSA) is 36.4 Å². The molecule has 2 aliphatic rings. The van der Waals surface area contributed by atoms with Gasteiger partial charge in [-0.1, -0.05) is 12.8 Å². The summed E-state index contributed by atoms with van der Waals surface area (Å²) in [5.41, 5.74) is -0.691. The molecule has 1 saturated carbocycles. The van der Waals surface area contributed by atoms with E-state index < -0.39 is 23.2 Å². The molecule has 20 heavy (non-hydrogen) atoms. The number of fused-ring (bicyclic) bond motifs is 1. The molecule has 0 amide bonds. The largest absolute Gasteiger partial charge is 0.389 e. The highest BCUT2D eigenvalue weighted by atomic mass is 19.2. The van der Waals surface area contributed by atoms with Crippen molar-refractivity contribution in [2.75, 3.05) is 18.0 Å². The number of anilines is 1. The second kappa shape index (κ2) is 4.91. The highest BCUT2D eigenvalue weighted by Gasteiger charge is 2.43. The van der Waals surface area contributed by atoms with Crippen LogP contribution in [0.4, 0.5) is 19.0 Å². The lowest BCUT2D eigenvalue weighted by Crippen LogP contribution is -2.53. The third-order valence-corrected chi connectivity index (χ3v) is 4.60. The number of halogens is 3. The Morgan fingerprint density at radius 2 is 2.00 bits per heavy atom. The Morgan fingerprint density at radius 1 is 1.20 bits per heavy atom. The summed E-state index contributed by atoms with van der Waals surface area (Å²) in [6.45, 7) is 0.841.